The number of carbonyl (C=O) groups excluding carboxylic acids is 2. The highest BCUT2D eigenvalue weighted by atomic mass is 16.5. The lowest BCUT2D eigenvalue weighted by Crippen LogP contribution is -2.50. The summed E-state index contributed by atoms with van der Waals surface area (Å²) < 4.78 is 5.84. The summed E-state index contributed by atoms with van der Waals surface area (Å²) in [5, 5.41) is 0. The SMILES string of the molecule is CC/C=C(\C)C(=O)O[C@H]1CC[C@@]2(C)C(=CC[C@@H]3[C@@H]2CC[C@]2(C)C(=O)CC[C@@H]32)C1. The topological polar surface area (TPSA) is 43.4 Å². The molecule has 0 spiro atoms. The highest BCUT2D eigenvalue weighted by molar-refractivity contribution is 5.88. The van der Waals surface area contributed by atoms with Crippen molar-refractivity contribution < 1.29 is 14.3 Å². The minimum atomic E-state index is -0.150. The number of carbonyl (C=O) groups is 2. The minimum absolute atomic E-state index is 0.0190. The van der Waals surface area contributed by atoms with Crippen molar-refractivity contribution in [3.63, 3.8) is 0 Å². The molecule has 0 amide bonds. The fourth-order valence-electron chi connectivity index (χ4n) is 7.13. The third-order valence-corrected chi connectivity index (χ3v) is 8.87. The van der Waals surface area contributed by atoms with Crippen molar-refractivity contribution in [2.75, 3.05) is 0 Å². The molecule has 3 saturated carbocycles. The summed E-state index contributed by atoms with van der Waals surface area (Å²) >= 11 is 0. The molecule has 28 heavy (non-hydrogen) atoms. The number of Topliss-reactive ketones (excluding diaryl/α,β-unsaturated/α-hetero) is 1. The Balaban J connectivity index is 1.50. The summed E-state index contributed by atoms with van der Waals surface area (Å²) in [6.45, 7) is 8.59. The molecule has 0 N–H and O–H groups in total. The van der Waals surface area contributed by atoms with Gasteiger partial charge in [-0.15, -0.1) is 0 Å². The van der Waals surface area contributed by atoms with Crippen molar-refractivity contribution in [1.82, 2.24) is 0 Å². The van der Waals surface area contributed by atoms with Crippen LogP contribution in [0.1, 0.15) is 85.5 Å². The summed E-state index contributed by atoms with van der Waals surface area (Å²) in [4.78, 5) is 24.9. The monoisotopic (exact) mass is 384 g/mol. The van der Waals surface area contributed by atoms with E-state index in [-0.39, 0.29) is 22.9 Å². The lowest BCUT2D eigenvalue weighted by Gasteiger charge is -2.56. The van der Waals surface area contributed by atoms with Crippen molar-refractivity contribution >= 4 is 11.8 Å². The van der Waals surface area contributed by atoms with Crippen molar-refractivity contribution in [2.45, 2.75) is 91.6 Å². The Labute approximate surface area is 170 Å². The molecule has 0 aromatic carbocycles. The summed E-state index contributed by atoms with van der Waals surface area (Å²) in [6.07, 6.45) is 13.5. The molecule has 0 aromatic heterocycles. The Morgan fingerprint density at radius 3 is 2.64 bits per heavy atom. The molecule has 0 aliphatic heterocycles. The third-order valence-electron chi connectivity index (χ3n) is 8.87. The van der Waals surface area contributed by atoms with Gasteiger partial charge in [0.05, 0.1) is 0 Å². The quantitative estimate of drug-likeness (QED) is 0.351. The largest absolute Gasteiger partial charge is 0.459 e. The smallest absolute Gasteiger partial charge is 0.333 e. The van der Waals surface area contributed by atoms with Crippen molar-refractivity contribution in [1.29, 1.82) is 0 Å². The van der Waals surface area contributed by atoms with E-state index in [4.69, 9.17) is 4.74 Å². The molecule has 0 bridgehead atoms. The van der Waals surface area contributed by atoms with Gasteiger partial charge in [-0.1, -0.05) is 38.5 Å². The maximum atomic E-state index is 12.5. The average molecular weight is 385 g/mol. The zero-order chi connectivity index (χ0) is 20.1. The van der Waals surface area contributed by atoms with Crippen LogP contribution in [0.25, 0.3) is 0 Å². The summed E-state index contributed by atoms with van der Waals surface area (Å²) in [6, 6.07) is 0. The highest BCUT2D eigenvalue weighted by Crippen LogP contribution is 2.64. The lowest BCUT2D eigenvalue weighted by atomic mass is 9.48. The van der Waals surface area contributed by atoms with Crippen LogP contribution in [0.4, 0.5) is 0 Å². The Kier molecular flexibility index (Phi) is 5.08. The standard InChI is InChI=1S/C25H36O3/c1-5-6-16(2)23(27)28-18-11-13-24(3)17(15-18)7-8-19-20-9-10-22(26)25(20,4)14-12-21(19)24/h6-7,18-21H,5,8-15H2,1-4H3/b16-6+/t18-,19-,20-,21-,24-,25-/m0/s1. The summed E-state index contributed by atoms with van der Waals surface area (Å²) in [7, 11) is 0. The Bertz CT molecular complexity index is 732. The highest BCUT2D eigenvalue weighted by Gasteiger charge is 2.58. The Hall–Kier alpha value is -1.38. The number of ether oxygens (including phenoxy) is 1. The number of hydrogen-bond acceptors (Lipinski definition) is 3. The molecule has 4 aliphatic carbocycles. The molecule has 4 rings (SSSR count). The number of allylic oxidation sites excluding steroid dienone is 2. The Morgan fingerprint density at radius 2 is 1.89 bits per heavy atom. The molecule has 3 fully saturated rings. The van der Waals surface area contributed by atoms with E-state index in [9.17, 15) is 9.59 Å². The number of hydrogen-bond donors (Lipinski definition) is 0. The molecular weight excluding hydrogens is 348 g/mol. The van der Waals surface area contributed by atoms with Crippen LogP contribution in [0.2, 0.25) is 0 Å². The van der Waals surface area contributed by atoms with E-state index in [1.54, 1.807) is 0 Å². The summed E-state index contributed by atoms with van der Waals surface area (Å²) in [5.41, 5.74) is 2.42. The van der Waals surface area contributed by atoms with Gasteiger partial charge in [0.2, 0.25) is 0 Å². The average Bonchev–Trinajstić information content (AvgIpc) is 2.97. The van der Waals surface area contributed by atoms with Gasteiger partial charge in [0.15, 0.2) is 0 Å². The van der Waals surface area contributed by atoms with Gasteiger partial charge in [0.1, 0.15) is 11.9 Å². The van der Waals surface area contributed by atoms with Crippen LogP contribution < -0.4 is 0 Å². The first-order chi connectivity index (χ1) is 13.3. The molecule has 3 nitrogen and oxygen atoms in total. The van der Waals surface area contributed by atoms with Crippen molar-refractivity contribution in [2.24, 2.45) is 28.6 Å². The maximum Gasteiger partial charge on any atom is 0.333 e. The molecule has 0 aromatic rings. The predicted octanol–water partition coefficient (Wildman–Crippen LogP) is 5.79. The first-order valence-corrected chi connectivity index (χ1v) is 11.4. The predicted molar refractivity (Wildman–Crippen MR) is 111 cm³/mol. The van der Waals surface area contributed by atoms with Gasteiger partial charge >= 0.3 is 5.97 Å². The molecule has 0 heterocycles. The number of ketones is 1. The lowest BCUT2D eigenvalue weighted by molar-refractivity contribution is -0.146. The first kappa shape index (κ1) is 19.9. The van der Waals surface area contributed by atoms with Gasteiger partial charge in [-0.3, -0.25) is 4.79 Å². The number of rotatable bonds is 3. The van der Waals surface area contributed by atoms with Crippen LogP contribution in [0.5, 0.6) is 0 Å². The fourth-order valence-corrected chi connectivity index (χ4v) is 7.13. The second-order valence-corrected chi connectivity index (χ2v) is 10.2. The van der Waals surface area contributed by atoms with Gasteiger partial charge in [-0.2, -0.15) is 0 Å². The Morgan fingerprint density at radius 1 is 1.18 bits per heavy atom. The summed E-state index contributed by atoms with van der Waals surface area (Å²) in [5.74, 6) is 2.29. The van der Waals surface area contributed by atoms with Gasteiger partial charge in [-0.25, -0.2) is 4.79 Å². The van der Waals surface area contributed by atoms with E-state index < -0.39 is 0 Å². The molecule has 6 atom stereocenters. The van der Waals surface area contributed by atoms with Crippen LogP contribution in [-0.2, 0) is 14.3 Å². The zero-order valence-electron chi connectivity index (χ0n) is 18.1. The van der Waals surface area contributed by atoms with Crippen molar-refractivity contribution in [3.05, 3.63) is 23.3 Å². The van der Waals surface area contributed by atoms with E-state index in [0.29, 0.717) is 23.5 Å². The molecule has 3 heteroatoms. The maximum absolute atomic E-state index is 12.5. The molecule has 0 unspecified atom stereocenters. The van der Waals surface area contributed by atoms with Crippen LogP contribution in [-0.4, -0.2) is 17.9 Å². The molecule has 4 aliphatic rings. The van der Waals surface area contributed by atoms with Gasteiger partial charge in [-0.05, 0) is 75.0 Å². The van der Waals surface area contributed by atoms with Gasteiger partial charge < -0.3 is 4.74 Å². The van der Waals surface area contributed by atoms with E-state index in [0.717, 1.165) is 56.9 Å². The van der Waals surface area contributed by atoms with E-state index in [1.165, 1.54) is 12.0 Å². The van der Waals surface area contributed by atoms with E-state index in [1.807, 2.05) is 19.9 Å². The first-order valence-electron chi connectivity index (χ1n) is 11.4. The normalized spacial score (nSPS) is 42.9. The van der Waals surface area contributed by atoms with Crippen LogP contribution in [0.3, 0.4) is 0 Å². The second kappa shape index (κ2) is 7.15. The molecule has 0 saturated heterocycles. The van der Waals surface area contributed by atoms with Crippen LogP contribution in [0.15, 0.2) is 23.3 Å². The third kappa shape index (κ3) is 3.00. The van der Waals surface area contributed by atoms with Gasteiger partial charge in [0, 0.05) is 23.8 Å². The van der Waals surface area contributed by atoms with E-state index in [2.05, 4.69) is 19.9 Å². The van der Waals surface area contributed by atoms with Crippen LogP contribution >= 0.6 is 0 Å². The number of fused-ring (bicyclic) bond motifs is 5. The minimum Gasteiger partial charge on any atom is -0.459 e. The molecular formula is C25H36O3. The second-order valence-electron chi connectivity index (χ2n) is 10.2. The zero-order valence-corrected chi connectivity index (χ0v) is 18.1. The van der Waals surface area contributed by atoms with Crippen molar-refractivity contribution in [3.8, 4) is 0 Å². The van der Waals surface area contributed by atoms with E-state index >= 15 is 0 Å². The van der Waals surface area contributed by atoms with Gasteiger partial charge in [0.25, 0.3) is 0 Å². The molecule has 0 radical (unpaired) electrons. The molecule has 154 valence electrons. The fraction of sp³-hybridized carbons (Fsp3) is 0.760. The van der Waals surface area contributed by atoms with Crippen LogP contribution in [0, 0.1) is 28.6 Å². The number of esters is 1.